The minimum atomic E-state index is -1.72. The van der Waals surface area contributed by atoms with Crippen molar-refractivity contribution >= 4 is 23.9 Å². The number of aliphatic carboxylic acids is 1. The van der Waals surface area contributed by atoms with Gasteiger partial charge in [0.1, 0.15) is 5.92 Å². The average Bonchev–Trinajstić information content (AvgIpc) is 2.34. The number of esters is 3. The van der Waals surface area contributed by atoms with Crippen molar-refractivity contribution in [2.45, 2.75) is 65.8 Å². The first-order chi connectivity index (χ1) is 10.5. The first-order valence-electron chi connectivity index (χ1n) is 7.34. The minimum Gasteiger partial charge on any atom is -0.478 e. The van der Waals surface area contributed by atoms with Crippen LogP contribution >= 0.6 is 0 Å². The van der Waals surface area contributed by atoms with Crippen LogP contribution in [0.3, 0.4) is 0 Å². The molecule has 0 bridgehead atoms. The van der Waals surface area contributed by atoms with Crippen molar-refractivity contribution in [2.75, 3.05) is 0 Å². The second kappa shape index (κ2) is 9.81. The molecular weight excluding hydrogens is 308 g/mol. The summed E-state index contributed by atoms with van der Waals surface area (Å²) >= 11 is 0. The van der Waals surface area contributed by atoms with Crippen molar-refractivity contribution in [2.24, 2.45) is 5.92 Å². The molecule has 0 aromatic carbocycles. The van der Waals surface area contributed by atoms with Crippen LogP contribution in [0.15, 0.2) is 0 Å². The van der Waals surface area contributed by atoms with Gasteiger partial charge in [0.15, 0.2) is 0 Å². The van der Waals surface area contributed by atoms with Gasteiger partial charge in [-0.25, -0.2) is 4.79 Å². The molecule has 0 amide bonds. The Morgan fingerprint density at radius 1 is 0.913 bits per heavy atom. The fraction of sp³-hybridized carbons (Fsp3) is 0.733. The zero-order valence-corrected chi connectivity index (χ0v) is 14.0. The van der Waals surface area contributed by atoms with Gasteiger partial charge in [-0.2, -0.15) is 0 Å². The first-order valence-corrected chi connectivity index (χ1v) is 7.34. The second-order valence-corrected chi connectivity index (χ2v) is 5.54. The smallest absolute Gasteiger partial charge is 0.345 e. The van der Waals surface area contributed by atoms with Crippen molar-refractivity contribution in [1.29, 1.82) is 0 Å². The first kappa shape index (κ1) is 20.9. The van der Waals surface area contributed by atoms with Gasteiger partial charge in [-0.3, -0.25) is 14.4 Å². The third kappa shape index (κ3) is 8.80. The van der Waals surface area contributed by atoms with E-state index in [1.54, 1.807) is 27.7 Å². The molecule has 132 valence electrons. The van der Waals surface area contributed by atoms with E-state index in [2.05, 4.69) is 0 Å². The number of carbonyl (C=O) groups is 4. The van der Waals surface area contributed by atoms with Crippen molar-refractivity contribution in [1.82, 2.24) is 0 Å². The summed E-state index contributed by atoms with van der Waals surface area (Å²) in [7, 11) is 0. The van der Waals surface area contributed by atoms with Crippen molar-refractivity contribution in [3.63, 3.8) is 0 Å². The van der Waals surface area contributed by atoms with Gasteiger partial charge in [0.25, 0.3) is 0 Å². The summed E-state index contributed by atoms with van der Waals surface area (Å²) in [5.74, 6) is -5.04. The standard InChI is InChI=1S/C15H24O8/c1-8(2)21-12(17)7-6-11(15(20)22-9(3)4)13(14(18)19)23-10(5)16/h8-9,11,13H,6-7H2,1-5H3,(H,18,19). The van der Waals surface area contributed by atoms with E-state index >= 15 is 0 Å². The molecule has 0 spiro atoms. The highest BCUT2D eigenvalue weighted by molar-refractivity contribution is 5.85. The summed E-state index contributed by atoms with van der Waals surface area (Å²) in [5, 5.41) is 9.19. The van der Waals surface area contributed by atoms with Crippen LogP contribution in [-0.4, -0.2) is 47.3 Å². The number of ether oxygens (including phenoxy) is 3. The lowest BCUT2D eigenvalue weighted by Crippen LogP contribution is -2.40. The molecule has 0 rings (SSSR count). The molecule has 0 aliphatic carbocycles. The topological polar surface area (TPSA) is 116 Å². The van der Waals surface area contributed by atoms with Crippen LogP contribution in [0.1, 0.15) is 47.5 Å². The Morgan fingerprint density at radius 2 is 1.43 bits per heavy atom. The predicted octanol–water partition coefficient (Wildman–Crippen LogP) is 1.30. The van der Waals surface area contributed by atoms with E-state index in [-0.39, 0.29) is 18.9 Å². The van der Waals surface area contributed by atoms with E-state index in [0.29, 0.717) is 0 Å². The van der Waals surface area contributed by atoms with Gasteiger partial charge < -0.3 is 19.3 Å². The fourth-order valence-corrected chi connectivity index (χ4v) is 1.79. The molecule has 0 heterocycles. The molecule has 0 aromatic rings. The highest BCUT2D eigenvalue weighted by atomic mass is 16.6. The van der Waals surface area contributed by atoms with Crippen LogP contribution in [-0.2, 0) is 33.4 Å². The Labute approximate surface area is 135 Å². The Kier molecular flexibility index (Phi) is 8.90. The molecule has 2 atom stereocenters. The van der Waals surface area contributed by atoms with E-state index in [9.17, 15) is 24.3 Å². The molecule has 0 aliphatic rings. The highest BCUT2D eigenvalue weighted by Gasteiger charge is 2.38. The van der Waals surface area contributed by atoms with Gasteiger partial charge in [-0.05, 0) is 34.1 Å². The molecule has 8 heteroatoms. The summed E-state index contributed by atoms with van der Waals surface area (Å²) in [6, 6.07) is 0. The van der Waals surface area contributed by atoms with E-state index in [4.69, 9.17) is 14.2 Å². The molecule has 0 saturated carbocycles. The molecule has 0 aliphatic heterocycles. The molecule has 0 fully saturated rings. The Morgan fingerprint density at radius 3 is 1.83 bits per heavy atom. The summed E-state index contributed by atoms with van der Waals surface area (Å²) in [6.07, 6.45) is -2.88. The highest BCUT2D eigenvalue weighted by Crippen LogP contribution is 2.19. The number of carbonyl (C=O) groups excluding carboxylic acids is 3. The third-order valence-corrected chi connectivity index (χ3v) is 2.58. The maximum Gasteiger partial charge on any atom is 0.345 e. The van der Waals surface area contributed by atoms with Gasteiger partial charge in [0.2, 0.25) is 6.10 Å². The van der Waals surface area contributed by atoms with Gasteiger partial charge in [-0.15, -0.1) is 0 Å². The molecule has 0 aromatic heterocycles. The van der Waals surface area contributed by atoms with E-state index in [1.165, 1.54) is 0 Å². The zero-order valence-electron chi connectivity index (χ0n) is 14.0. The normalized spacial score (nSPS) is 13.3. The second-order valence-electron chi connectivity index (χ2n) is 5.54. The van der Waals surface area contributed by atoms with E-state index in [1.807, 2.05) is 0 Å². The van der Waals surface area contributed by atoms with E-state index < -0.39 is 42.0 Å². The number of carboxylic acids is 1. The van der Waals surface area contributed by atoms with Crippen molar-refractivity contribution in [3.05, 3.63) is 0 Å². The third-order valence-electron chi connectivity index (χ3n) is 2.58. The van der Waals surface area contributed by atoms with Gasteiger partial charge in [0.05, 0.1) is 12.2 Å². The molecule has 23 heavy (non-hydrogen) atoms. The van der Waals surface area contributed by atoms with Crippen LogP contribution in [0.5, 0.6) is 0 Å². The van der Waals surface area contributed by atoms with Crippen molar-refractivity contribution in [3.8, 4) is 0 Å². The van der Waals surface area contributed by atoms with Gasteiger partial charge in [0, 0.05) is 13.3 Å². The molecule has 8 nitrogen and oxygen atoms in total. The van der Waals surface area contributed by atoms with Gasteiger partial charge in [-0.1, -0.05) is 0 Å². The monoisotopic (exact) mass is 332 g/mol. The van der Waals surface area contributed by atoms with Crippen LogP contribution < -0.4 is 0 Å². The largest absolute Gasteiger partial charge is 0.478 e. The molecular formula is C15H24O8. The zero-order chi connectivity index (χ0) is 18.2. The van der Waals surface area contributed by atoms with Crippen LogP contribution in [0, 0.1) is 5.92 Å². The molecule has 1 N–H and O–H groups in total. The Bertz CT molecular complexity index is 441. The van der Waals surface area contributed by atoms with Crippen molar-refractivity contribution < 1.29 is 38.5 Å². The number of hydrogen-bond acceptors (Lipinski definition) is 7. The number of carboxylic acid groups (broad SMARTS) is 1. The maximum absolute atomic E-state index is 12.1. The molecule has 0 radical (unpaired) electrons. The number of hydrogen-bond donors (Lipinski definition) is 1. The van der Waals surface area contributed by atoms with Gasteiger partial charge >= 0.3 is 23.9 Å². The lowest BCUT2D eigenvalue weighted by atomic mass is 9.96. The summed E-state index contributed by atoms with van der Waals surface area (Å²) in [6.45, 7) is 7.57. The van der Waals surface area contributed by atoms with Crippen LogP contribution in [0.4, 0.5) is 0 Å². The molecule has 0 saturated heterocycles. The lowest BCUT2D eigenvalue weighted by Gasteiger charge is -2.23. The minimum absolute atomic E-state index is 0.165. The summed E-state index contributed by atoms with van der Waals surface area (Å²) in [5.41, 5.74) is 0. The molecule has 2 unspecified atom stereocenters. The quantitative estimate of drug-likeness (QED) is 0.496. The lowest BCUT2D eigenvalue weighted by molar-refractivity contribution is -0.175. The summed E-state index contributed by atoms with van der Waals surface area (Å²) in [4.78, 5) is 46.0. The average molecular weight is 332 g/mol. The predicted molar refractivity (Wildman–Crippen MR) is 78.4 cm³/mol. The summed E-state index contributed by atoms with van der Waals surface area (Å²) < 4.78 is 14.6. The Hall–Kier alpha value is -2.12. The SMILES string of the molecule is CC(=O)OC(C(=O)O)C(CCC(=O)OC(C)C)C(=O)OC(C)C. The van der Waals surface area contributed by atoms with E-state index in [0.717, 1.165) is 6.92 Å². The maximum atomic E-state index is 12.1. The van der Waals surface area contributed by atoms with Crippen LogP contribution in [0.2, 0.25) is 0 Å². The van der Waals surface area contributed by atoms with Crippen LogP contribution in [0.25, 0.3) is 0 Å². The Balaban J connectivity index is 5.12. The number of rotatable bonds is 9. The fourth-order valence-electron chi connectivity index (χ4n) is 1.79.